The lowest BCUT2D eigenvalue weighted by atomic mass is 10.1. The normalized spacial score (nSPS) is 10.7. The van der Waals surface area contributed by atoms with Gasteiger partial charge < -0.3 is 10.2 Å². The molecule has 0 aromatic heterocycles. The van der Waals surface area contributed by atoms with E-state index < -0.39 is 4.92 Å². The van der Waals surface area contributed by atoms with Gasteiger partial charge in [-0.2, -0.15) is 0 Å². The van der Waals surface area contributed by atoms with Gasteiger partial charge in [-0.1, -0.05) is 35.9 Å². The Hall–Kier alpha value is -2.11. The number of hydrogen-bond donors (Lipinski definition) is 1. The zero-order chi connectivity index (χ0) is 16.1. The van der Waals surface area contributed by atoms with Gasteiger partial charge >= 0.3 is 0 Å². The summed E-state index contributed by atoms with van der Waals surface area (Å²) >= 11 is 6.05. The van der Waals surface area contributed by atoms with E-state index in [1.807, 2.05) is 14.1 Å². The molecule has 0 spiro atoms. The molecule has 0 amide bonds. The first-order chi connectivity index (χ1) is 10.5. The first-order valence-corrected chi connectivity index (χ1v) is 7.24. The third kappa shape index (κ3) is 4.44. The van der Waals surface area contributed by atoms with E-state index in [1.165, 1.54) is 17.7 Å². The summed E-state index contributed by atoms with van der Waals surface area (Å²) < 4.78 is 0. The quantitative estimate of drug-likeness (QED) is 0.647. The Bertz CT molecular complexity index is 657. The third-order valence-corrected chi connectivity index (χ3v) is 3.48. The average molecular weight is 320 g/mol. The Morgan fingerprint density at radius 2 is 1.77 bits per heavy atom. The van der Waals surface area contributed by atoms with Crippen LogP contribution in [-0.2, 0) is 13.1 Å². The summed E-state index contributed by atoms with van der Waals surface area (Å²) in [7, 11) is 4.07. The molecule has 5 nitrogen and oxygen atoms in total. The van der Waals surface area contributed by atoms with Crippen molar-refractivity contribution in [2.24, 2.45) is 0 Å². The molecule has 0 bridgehead atoms. The van der Waals surface area contributed by atoms with Crippen LogP contribution < -0.4 is 5.32 Å². The molecule has 0 aliphatic carbocycles. The largest absolute Gasteiger partial charge is 0.380 e. The van der Waals surface area contributed by atoms with Gasteiger partial charge in [-0.05, 0) is 31.3 Å². The molecule has 2 aromatic rings. The predicted molar refractivity (Wildman–Crippen MR) is 89.3 cm³/mol. The second-order valence-corrected chi connectivity index (χ2v) is 5.74. The van der Waals surface area contributed by atoms with Crippen LogP contribution in [0.3, 0.4) is 0 Å². The van der Waals surface area contributed by atoms with Gasteiger partial charge in [0, 0.05) is 25.2 Å². The van der Waals surface area contributed by atoms with Gasteiger partial charge in [-0.3, -0.25) is 10.1 Å². The summed E-state index contributed by atoms with van der Waals surface area (Å²) in [6, 6.07) is 12.7. The number of anilines is 1. The van der Waals surface area contributed by atoms with Crippen molar-refractivity contribution in [1.82, 2.24) is 4.90 Å². The van der Waals surface area contributed by atoms with Crippen molar-refractivity contribution in [2.75, 3.05) is 19.4 Å². The van der Waals surface area contributed by atoms with Crippen LogP contribution in [0.4, 0.5) is 11.4 Å². The van der Waals surface area contributed by atoms with Crippen LogP contribution >= 0.6 is 11.6 Å². The molecule has 6 heteroatoms. The fourth-order valence-corrected chi connectivity index (χ4v) is 2.33. The standard InChI is InChI=1S/C16H18ClN3O2/c1-19(2)11-13-5-3-12(4-6-13)10-18-16-8-7-14(20(21)22)9-15(16)17/h3-9,18H,10-11H2,1-2H3. The maximum atomic E-state index is 10.7. The van der Waals surface area contributed by atoms with Gasteiger partial charge in [0.2, 0.25) is 0 Å². The predicted octanol–water partition coefficient (Wildman–Crippen LogP) is 3.92. The van der Waals surface area contributed by atoms with E-state index in [0.29, 0.717) is 17.3 Å². The minimum absolute atomic E-state index is 0.0106. The van der Waals surface area contributed by atoms with Gasteiger partial charge in [-0.25, -0.2) is 0 Å². The highest BCUT2D eigenvalue weighted by molar-refractivity contribution is 6.33. The Balaban J connectivity index is 1.99. The van der Waals surface area contributed by atoms with E-state index in [4.69, 9.17) is 11.6 Å². The summed E-state index contributed by atoms with van der Waals surface area (Å²) in [5.41, 5.74) is 3.05. The maximum Gasteiger partial charge on any atom is 0.271 e. The fourth-order valence-electron chi connectivity index (χ4n) is 2.09. The number of non-ortho nitro benzene ring substituents is 1. The highest BCUT2D eigenvalue weighted by atomic mass is 35.5. The molecule has 116 valence electrons. The Morgan fingerprint density at radius 1 is 1.14 bits per heavy atom. The average Bonchev–Trinajstić information content (AvgIpc) is 2.46. The lowest BCUT2D eigenvalue weighted by Crippen LogP contribution is -2.10. The summed E-state index contributed by atoms with van der Waals surface area (Å²) in [6.45, 7) is 1.52. The highest BCUT2D eigenvalue weighted by Crippen LogP contribution is 2.27. The molecule has 2 rings (SSSR count). The smallest absolute Gasteiger partial charge is 0.271 e. The molecule has 22 heavy (non-hydrogen) atoms. The Kier molecular flexibility index (Phi) is 5.35. The van der Waals surface area contributed by atoms with E-state index in [-0.39, 0.29) is 5.69 Å². The van der Waals surface area contributed by atoms with Crippen LogP contribution in [-0.4, -0.2) is 23.9 Å². The van der Waals surface area contributed by atoms with Crippen LogP contribution in [0.1, 0.15) is 11.1 Å². The van der Waals surface area contributed by atoms with Crippen LogP contribution in [0.2, 0.25) is 5.02 Å². The third-order valence-electron chi connectivity index (χ3n) is 3.17. The van der Waals surface area contributed by atoms with Gasteiger partial charge in [0.15, 0.2) is 0 Å². The zero-order valence-electron chi connectivity index (χ0n) is 12.5. The molecule has 0 atom stereocenters. The van der Waals surface area contributed by atoms with Crippen LogP contribution in [0.15, 0.2) is 42.5 Å². The lowest BCUT2D eigenvalue weighted by molar-refractivity contribution is -0.384. The molecular formula is C16H18ClN3O2. The lowest BCUT2D eigenvalue weighted by Gasteiger charge is -2.11. The second-order valence-electron chi connectivity index (χ2n) is 5.33. The van der Waals surface area contributed by atoms with Crippen molar-refractivity contribution in [1.29, 1.82) is 0 Å². The van der Waals surface area contributed by atoms with Gasteiger partial charge in [-0.15, -0.1) is 0 Å². The number of rotatable bonds is 6. The first-order valence-electron chi connectivity index (χ1n) is 6.86. The minimum Gasteiger partial charge on any atom is -0.380 e. The molecular weight excluding hydrogens is 302 g/mol. The number of halogens is 1. The van der Waals surface area contributed by atoms with Crippen molar-refractivity contribution in [3.63, 3.8) is 0 Å². The molecule has 0 heterocycles. The van der Waals surface area contributed by atoms with Gasteiger partial charge in [0.1, 0.15) is 0 Å². The number of hydrogen-bond acceptors (Lipinski definition) is 4. The molecule has 0 fully saturated rings. The van der Waals surface area contributed by atoms with Crippen molar-refractivity contribution in [3.8, 4) is 0 Å². The number of nitrogens with zero attached hydrogens (tertiary/aromatic N) is 2. The van der Waals surface area contributed by atoms with E-state index in [9.17, 15) is 10.1 Å². The van der Waals surface area contributed by atoms with Crippen molar-refractivity contribution in [3.05, 3.63) is 68.7 Å². The first kappa shape index (κ1) is 16.3. The fraction of sp³-hybridized carbons (Fsp3) is 0.250. The van der Waals surface area contributed by atoms with Gasteiger partial charge in [0.25, 0.3) is 5.69 Å². The monoisotopic (exact) mass is 319 g/mol. The maximum absolute atomic E-state index is 10.7. The summed E-state index contributed by atoms with van der Waals surface area (Å²) in [5, 5.41) is 14.2. The molecule has 0 unspecified atom stereocenters. The van der Waals surface area contributed by atoms with Crippen LogP contribution in [0.5, 0.6) is 0 Å². The topological polar surface area (TPSA) is 58.4 Å². The number of nitro benzene ring substituents is 1. The molecule has 0 aliphatic heterocycles. The van der Waals surface area contributed by atoms with Crippen LogP contribution in [0, 0.1) is 10.1 Å². The Morgan fingerprint density at radius 3 is 2.32 bits per heavy atom. The van der Waals surface area contributed by atoms with Crippen molar-refractivity contribution in [2.45, 2.75) is 13.1 Å². The summed E-state index contributed by atoms with van der Waals surface area (Å²) in [5.74, 6) is 0. The number of nitro groups is 1. The molecule has 1 N–H and O–H groups in total. The van der Waals surface area contributed by atoms with E-state index in [2.05, 4.69) is 34.5 Å². The summed E-state index contributed by atoms with van der Waals surface area (Å²) in [6.07, 6.45) is 0. The van der Waals surface area contributed by atoms with Crippen LogP contribution in [0.25, 0.3) is 0 Å². The number of benzene rings is 2. The van der Waals surface area contributed by atoms with E-state index in [0.717, 1.165) is 12.1 Å². The molecule has 0 aliphatic rings. The second kappa shape index (κ2) is 7.24. The van der Waals surface area contributed by atoms with Crippen molar-refractivity contribution >= 4 is 23.0 Å². The SMILES string of the molecule is CN(C)Cc1ccc(CNc2ccc([N+](=O)[O-])cc2Cl)cc1. The van der Waals surface area contributed by atoms with Gasteiger partial charge in [0.05, 0.1) is 15.6 Å². The zero-order valence-corrected chi connectivity index (χ0v) is 13.3. The molecule has 0 saturated carbocycles. The molecule has 0 saturated heterocycles. The summed E-state index contributed by atoms with van der Waals surface area (Å²) in [4.78, 5) is 12.3. The molecule has 2 aromatic carbocycles. The Labute approximate surface area is 134 Å². The number of nitrogens with one attached hydrogen (secondary N) is 1. The van der Waals surface area contributed by atoms with E-state index in [1.54, 1.807) is 6.07 Å². The van der Waals surface area contributed by atoms with Crippen molar-refractivity contribution < 1.29 is 4.92 Å². The van der Waals surface area contributed by atoms with E-state index >= 15 is 0 Å². The minimum atomic E-state index is -0.459. The highest BCUT2D eigenvalue weighted by Gasteiger charge is 2.09. The molecule has 0 radical (unpaired) electrons.